The van der Waals surface area contributed by atoms with Crippen molar-refractivity contribution in [3.8, 4) is 0 Å². The fourth-order valence-electron chi connectivity index (χ4n) is 3.10. The molecule has 0 spiro atoms. The minimum absolute atomic E-state index is 0. The van der Waals surface area contributed by atoms with E-state index < -0.39 is 0 Å². The van der Waals surface area contributed by atoms with E-state index in [2.05, 4.69) is 45.8 Å². The van der Waals surface area contributed by atoms with Crippen LogP contribution in [0.1, 0.15) is 38.8 Å². The van der Waals surface area contributed by atoms with Crippen LogP contribution in [0.15, 0.2) is 4.99 Å². The number of fused-ring (bicyclic) bond motifs is 1. The molecule has 3 heterocycles. The number of guanidine groups is 1. The second-order valence-corrected chi connectivity index (χ2v) is 8.29. The Hall–Kier alpha value is -0.510. The first-order valence-corrected chi connectivity index (χ1v) is 9.16. The molecule has 130 valence electrons. The van der Waals surface area contributed by atoms with Crippen molar-refractivity contribution in [2.45, 2.75) is 51.4 Å². The molecule has 1 N–H and O–H groups in total. The number of aryl methyl sites for hydroxylation is 1. The number of rotatable bonds is 3. The maximum atomic E-state index is 4.82. The molecule has 1 aromatic heterocycles. The largest absolute Gasteiger partial charge is 0.357 e. The van der Waals surface area contributed by atoms with Crippen molar-refractivity contribution in [1.29, 1.82) is 0 Å². The van der Waals surface area contributed by atoms with Gasteiger partial charge in [0.25, 0.3) is 0 Å². The monoisotopic (exact) mass is 450 g/mol. The number of halogens is 1. The van der Waals surface area contributed by atoms with E-state index in [0.717, 1.165) is 56.0 Å². The summed E-state index contributed by atoms with van der Waals surface area (Å²) in [5.74, 6) is 4.27. The highest BCUT2D eigenvalue weighted by molar-refractivity contribution is 14.0. The van der Waals surface area contributed by atoms with Gasteiger partial charge in [0.1, 0.15) is 12.4 Å². The Balaban J connectivity index is 0.00000192. The van der Waals surface area contributed by atoms with Gasteiger partial charge in [0.05, 0.1) is 0 Å². The van der Waals surface area contributed by atoms with Gasteiger partial charge in [-0.25, -0.2) is 4.99 Å². The zero-order chi connectivity index (χ0) is 15.6. The van der Waals surface area contributed by atoms with Crippen molar-refractivity contribution in [2.75, 3.05) is 25.4 Å². The summed E-state index contributed by atoms with van der Waals surface area (Å²) in [6.45, 7) is 11.3. The van der Waals surface area contributed by atoms with Gasteiger partial charge in [0.2, 0.25) is 0 Å². The highest BCUT2D eigenvalue weighted by Crippen LogP contribution is 2.29. The Labute approximate surface area is 159 Å². The molecule has 3 rings (SSSR count). The van der Waals surface area contributed by atoms with E-state index in [-0.39, 0.29) is 28.7 Å². The maximum absolute atomic E-state index is 4.82. The Morgan fingerprint density at radius 2 is 2.17 bits per heavy atom. The van der Waals surface area contributed by atoms with E-state index in [1.54, 1.807) is 0 Å². The summed E-state index contributed by atoms with van der Waals surface area (Å²) in [5.41, 5.74) is 0. The van der Waals surface area contributed by atoms with Gasteiger partial charge in [-0.3, -0.25) is 0 Å². The molecule has 8 heteroatoms. The molecule has 0 unspecified atom stereocenters. The third-order valence-corrected chi connectivity index (χ3v) is 5.41. The van der Waals surface area contributed by atoms with Gasteiger partial charge in [0, 0.05) is 43.1 Å². The SMILES string of the molecule is CCNC(=NCc1nnc2n1CCC2)N1CCSC(C)(C)C1.I. The molecule has 0 radical (unpaired) electrons. The van der Waals surface area contributed by atoms with Crippen molar-refractivity contribution in [3.63, 3.8) is 0 Å². The molecule has 0 saturated carbocycles. The lowest BCUT2D eigenvalue weighted by Gasteiger charge is -2.39. The van der Waals surface area contributed by atoms with Crippen LogP contribution >= 0.6 is 35.7 Å². The predicted molar refractivity (Wildman–Crippen MR) is 107 cm³/mol. The summed E-state index contributed by atoms with van der Waals surface area (Å²) in [6.07, 6.45) is 2.23. The minimum Gasteiger partial charge on any atom is -0.357 e. The zero-order valence-electron chi connectivity index (χ0n) is 14.2. The number of nitrogens with one attached hydrogen (secondary N) is 1. The molecule has 2 aliphatic heterocycles. The lowest BCUT2D eigenvalue weighted by molar-refractivity contribution is 0.375. The van der Waals surface area contributed by atoms with Crippen LogP contribution in [0.5, 0.6) is 0 Å². The molecule has 0 aromatic carbocycles. The molecule has 0 atom stereocenters. The molecule has 1 saturated heterocycles. The van der Waals surface area contributed by atoms with Crippen molar-refractivity contribution >= 4 is 41.7 Å². The standard InChI is InChI=1S/C15H26N6S.HI/c1-4-16-14(20-8-9-22-15(2,3)11-20)17-10-13-19-18-12-6-5-7-21(12)13;/h4-11H2,1-3H3,(H,16,17);1H. The lowest BCUT2D eigenvalue weighted by Crippen LogP contribution is -2.51. The molecule has 1 fully saturated rings. The molecule has 0 aliphatic carbocycles. The molecule has 23 heavy (non-hydrogen) atoms. The molecule has 0 amide bonds. The van der Waals surface area contributed by atoms with Gasteiger partial charge in [-0.1, -0.05) is 0 Å². The van der Waals surface area contributed by atoms with E-state index >= 15 is 0 Å². The maximum Gasteiger partial charge on any atom is 0.194 e. The van der Waals surface area contributed by atoms with Crippen LogP contribution in [0.25, 0.3) is 0 Å². The number of thioether (sulfide) groups is 1. The summed E-state index contributed by atoms with van der Waals surface area (Å²) in [6, 6.07) is 0. The number of nitrogens with zero attached hydrogens (tertiary/aromatic N) is 5. The van der Waals surface area contributed by atoms with Crippen molar-refractivity contribution in [2.24, 2.45) is 4.99 Å². The van der Waals surface area contributed by atoms with Crippen molar-refractivity contribution in [1.82, 2.24) is 25.0 Å². The number of aliphatic imine (C=N–C) groups is 1. The van der Waals surface area contributed by atoms with E-state index in [4.69, 9.17) is 4.99 Å². The Kier molecular flexibility index (Phi) is 6.58. The lowest BCUT2D eigenvalue weighted by atomic mass is 10.2. The fourth-order valence-corrected chi connectivity index (χ4v) is 4.21. The van der Waals surface area contributed by atoms with E-state index in [0.29, 0.717) is 6.54 Å². The van der Waals surface area contributed by atoms with Gasteiger partial charge in [0.15, 0.2) is 11.8 Å². The quantitative estimate of drug-likeness (QED) is 0.435. The number of hydrogen-bond acceptors (Lipinski definition) is 4. The van der Waals surface area contributed by atoms with Crippen LogP contribution in [0.4, 0.5) is 0 Å². The smallest absolute Gasteiger partial charge is 0.194 e. The van der Waals surface area contributed by atoms with Gasteiger partial charge in [-0.15, -0.1) is 34.2 Å². The summed E-state index contributed by atoms with van der Waals surface area (Å²) in [4.78, 5) is 7.20. The third-order valence-electron chi connectivity index (χ3n) is 4.12. The fraction of sp³-hybridized carbons (Fsp3) is 0.800. The highest BCUT2D eigenvalue weighted by Gasteiger charge is 2.28. The topological polar surface area (TPSA) is 58.3 Å². The van der Waals surface area contributed by atoms with E-state index in [1.165, 1.54) is 6.42 Å². The van der Waals surface area contributed by atoms with Crippen LogP contribution in [-0.4, -0.2) is 55.8 Å². The number of hydrogen-bond donors (Lipinski definition) is 1. The van der Waals surface area contributed by atoms with E-state index in [1.807, 2.05) is 11.8 Å². The molecular formula is C15H27IN6S. The first-order valence-electron chi connectivity index (χ1n) is 8.17. The summed E-state index contributed by atoms with van der Waals surface area (Å²) >= 11 is 2.04. The summed E-state index contributed by atoms with van der Waals surface area (Å²) in [7, 11) is 0. The summed E-state index contributed by atoms with van der Waals surface area (Å²) < 4.78 is 2.51. The van der Waals surface area contributed by atoms with Crippen LogP contribution in [0.2, 0.25) is 0 Å². The second kappa shape index (κ2) is 8.04. The third kappa shape index (κ3) is 4.52. The first kappa shape index (κ1) is 18.8. The molecule has 1 aromatic rings. The van der Waals surface area contributed by atoms with E-state index in [9.17, 15) is 0 Å². The molecule has 6 nitrogen and oxygen atoms in total. The van der Waals surface area contributed by atoms with Gasteiger partial charge in [-0.2, -0.15) is 11.8 Å². The summed E-state index contributed by atoms with van der Waals surface area (Å²) in [5, 5.41) is 12.0. The zero-order valence-corrected chi connectivity index (χ0v) is 17.4. The van der Waals surface area contributed by atoms with Crippen molar-refractivity contribution < 1.29 is 0 Å². The average molecular weight is 450 g/mol. The molecule has 0 bridgehead atoms. The Bertz CT molecular complexity index is 556. The highest BCUT2D eigenvalue weighted by atomic mass is 127. The normalized spacial score (nSPS) is 20.1. The molecular weight excluding hydrogens is 423 g/mol. The number of aromatic nitrogens is 3. The minimum atomic E-state index is 0. The molecule has 2 aliphatic rings. The van der Waals surface area contributed by atoms with Crippen molar-refractivity contribution in [3.05, 3.63) is 11.6 Å². The Morgan fingerprint density at radius 1 is 1.35 bits per heavy atom. The average Bonchev–Trinajstić information content (AvgIpc) is 3.06. The van der Waals surface area contributed by atoms with Crippen LogP contribution in [-0.2, 0) is 19.5 Å². The van der Waals surface area contributed by atoms with Gasteiger partial charge in [-0.05, 0) is 27.2 Å². The first-order chi connectivity index (χ1) is 10.6. The van der Waals surface area contributed by atoms with Crippen LogP contribution in [0, 0.1) is 0 Å². The van der Waals surface area contributed by atoms with Crippen LogP contribution < -0.4 is 5.32 Å². The van der Waals surface area contributed by atoms with Gasteiger partial charge >= 0.3 is 0 Å². The predicted octanol–water partition coefficient (Wildman–Crippen LogP) is 2.14. The Morgan fingerprint density at radius 3 is 2.91 bits per heavy atom. The van der Waals surface area contributed by atoms with Crippen LogP contribution in [0.3, 0.4) is 0 Å². The van der Waals surface area contributed by atoms with Gasteiger partial charge < -0.3 is 14.8 Å². The second-order valence-electron chi connectivity index (χ2n) is 6.49.